The minimum atomic E-state index is -3.79. The number of nitro groups is 1. The average Bonchev–Trinajstić information content (AvgIpc) is 3.32. The van der Waals surface area contributed by atoms with Crippen LogP contribution in [-0.2, 0) is 23.0 Å². The van der Waals surface area contributed by atoms with E-state index < -0.39 is 14.9 Å². The molecule has 0 spiro atoms. The van der Waals surface area contributed by atoms with E-state index >= 15 is 0 Å². The highest BCUT2D eigenvalue weighted by Gasteiger charge is 2.18. The number of carbonyl (C=O) groups excluding carboxylic acids is 1. The zero-order valence-corrected chi connectivity index (χ0v) is 22.5. The molecule has 2 N–H and O–H groups in total. The van der Waals surface area contributed by atoms with E-state index in [1.807, 2.05) is 17.5 Å². The van der Waals surface area contributed by atoms with Gasteiger partial charge in [0.1, 0.15) is 3.82 Å². The second-order valence-corrected chi connectivity index (χ2v) is 12.5. The third-order valence-corrected chi connectivity index (χ3v) is 9.28. The van der Waals surface area contributed by atoms with Crippen molar-refractivity contribution >= 4 is 54.5 Å². The van der Waals surface area contributed by atoms with Crippen LogP contribution in [0.2, 0.25) is 0 Å². The van der Waals surface area contributed by atoms with Crippen LogP contribution in [0.3, 0.4) is 0 Å². The standard InChI is InChI=1S/C25H21N3O5S4/c26-37(32,33)22-11-3-17(4-12-22)13-14-27(15-18-1-9-21(10-2-18)28(30)31)24(29)20-7-5-19(6-8-20)23-16-35-36-25(23)34/h1-12,16H,13-15H2,(H2,26,32,33). The summed E-state index contributed by atoms with van der Waals surface area (Å²) >= 11 is 5.37. The van der Waals surface area contributed by atoms with Crippen LogP contribution in [0.4, 0.5) is 5.69 Å². The Morgan fingerprint density at radius 2 is 1.59 bits per heavy atom. The predicted octanol–water partition coefficient (Wildman–Crippen LogP) is 5.65. The highest BCUT2D eigenvalue weighted by molar-refractivity contribution is 7.89. The van der Waals surface area contributed by atoms with Crippen LogP contribution in [-0.4, -0.2) is 30.7 Å². The van der Waals surface area contributed by atoms with Crippen LogP contribution >= 0.6 is 32.9 Å². The molecule has 0 unspecified atom stereocenters. The van der Waals surface area contributed by atoms with Crippen molar-refractivity contribution in [3.8, 4) is 11.1 Å². The molecule has 0 fully saturated rings. The second kappa shape index (κ2) is 11.4. The number of non-ortho nitro benzene ring substituents is 1. The molecule has 0 bridgehead atoms. The van der Waals surface area contributed by atoms with Gasteiger partial charge in [-0.2, -0.15) is 0 Å². The maximum Gasteiger partial charge on any atom is 0.269 e. The van der Waals surface area contributed by atoms with Gasteiger partial charge in [0.15, 0.2) is 0 Å². The number of amides is 1. The van der Waals surface area contributed by atoms with Crippen LogP contribution < -0.4 is 5.14 Å². The van der Waals surface area contributed by atoms with Gasteiger partial charge in [0, 0.05) is 41.7 Å². The third-order valence-electron chi connectivity index (χ3n) is 5.68. The SMILES string of the molecule is NS(=O)(=O)c1ccc(CCN(Cc2ccc([N+](=O)[O-])cc2)C(=O)c2ccc(-c3cssc3=S)cc2)cc1. The Bertz CT molecular complexity index is 1580. The van der Waals surface area contributed by atoms with Crippen molar-refractivity contribution in [2.45, 2.75) is 17.9 Å². The quantitative estimate of drug-likeness (QED) is 0.120. The van der Waals surface area contributed by atoms with Gasteiger partial charge < -0.3 is 4.90 Å². The number of hydrogen-bond acceptors (Lipinski definition) is 8. The smallest absolute Gasteiger partial charge is 0.269 e. The van der Waals surface area contributed by atoms with Gasteiger partial charge in [0.2, 0.25) is 10.0 Å². The summed E-state index contributed by atoms with van der Waals surface area (Å²) in [6, 6.07) is 19.5. The van der Waals surface area contributed by atoms with E-state index in [9.17, 15) is 23.3 Å². The lowest BCUT2D eigenvalue weighted by Crippen LogP contribution is -2.32. The van der Waals surface area contributed by atoms with Gasteiger partial charge in [0.05, 0.1) is 9.82 Å². The van der Waals surface area contributed by atoms with E-state index in [1.54, 1.807) is 51.6 Å². The molecule has 4 rings (SSSR count). The molecule has 8 nitrogen and oxygen atoms in total. The highest BCUT2D eigenvalue weighted by atomic mass is 32.9. The van der Waals surface area contributed by atoms with Gasteiger partial charge in [0.25, 0.3) is 11.6 Å². The van der Waals surface area contributed by atoms with E-state index in [0.29, 0.717) is 18.5 Å². The minimum absolute atomic E-state index is 0.0174. The lowest BCUT2D eigenvalue weighted by molar-refractivity contribution is -0.384. The predicted molar refractivity (Wildman–Crippen MR) is 148 cm³/mol. The summed E-state index contributed by atoms with van der Waals surface area (Å²) in [7, 11) is -0.700. The third kappa shape index (κ3) is 6.73. The zero-order valence-electron chi connectivity index (χ0n) is 19.3. The Kier molecular flexibility index (Phi) is 8.25. The number of benzene rings is 3. The van der Waals surface area contributed by atoms with Crippen LogP contribution in [0, 0.1) is 13.9 Å². The van der Waals surface area contributed by atoms with Crippen LogP contribution in [0.15, 0.2) is 83.1 Å². The van der Waals surface area contributed by atoms with Gasteiger partial charge in [-0.1, -0.05) is 69.3 Å². The highest BCUT2D eigenvalue weighted by Crippen LogP contribution is 2.28. The van der Waals surface area contributed by atoms with E-state index in [1.165, 1.54) is 34.6 Å². The van der Waals surface area contributed by atoms with Gasteiger partial charge in [-0.05, 0) is 47.4 Å². The first-order valence-corrected chi connectivity index (χ1v) is 15.1. The normalized spacial score (nSPS) is 11.3. The number of rotatable bonds is 9. The molecule has 3 aromatic carbocycles. The molecule has 1 aromatic heterocycles. The van der Waals surface area contributed by atoms with E-state index in [4.69, 9.17) is 17.4 Å². The zero-order chi connectivity index (χ0) is 26.6. The Labute approximate surface area is 226 Å². The Balaban J connectivity index is 1.56. The summed E-state index contributed by atoms with van der Waals surface area (Å²) in [4.78, 5) is 25.7. The molecule has 12 heteroatoms. The van der Waals surface area contributed by atoms with Crippen molar-refractivity contribution in [1.82, 2.24) is 4.90 Å². The topological polar surface area (TPSA) is 124 Å². The Morgan fingerprint density at radius 1 is 0.973 bits per heavy atom. The van der Waals surface area contributed by atoms with Crippen molar-refractivity contribution in [3.63, 3.8) is 0 Å². The molecule has 0 atom stereocenters. The lowest BCUT2D eigenvalue weighted by Gasteiger charge is -2.23. The number of nitro benzene ring substituents is 1. The summed E-state index contributed by atoms with van der Waals surface area (Å²) in [6.07, 6.45) is 0.470. The molecule has 0 radical (unpaired) electrons. The second-order valence-electron chi connectivity index (χ2n) is 8.17. The Morgan fingerprint density at radius 3 is 2.14 bits per heavy atom. The summed E-state index contributed by atoms with van der Waals surface area (Å²) in [6.45, 7) is 0.588. The first-order valence-electron chi connectivity index (χ1n) is 10.9. The van der Waals surface area contributed by atoms with Crippen molar-refractivity contribution in [2.75, 3.05) is 6.54 Å². The fourth-order valence-corrected chi connectivity index (χ4v) is 6.59. The fraction of sp³-hybridized carbons (Fsp3) is 0.120. The first kappa shape index (κ1) is 26.8. The molecule has 1 amide bonds. The molecule has 0 aliphatic rings. The number of primary sulfonamides is 1. The van der Waals surface area contributed by atoms with Gasteiger partial charge in [-0.3, -0.25) is 14.9 Å². The minimum Gasteiger partial charge on any atom is -0.334 e. The molecule has 0 aliphatic carbocycles. The molecule has 4 aromatic rings. The van der Waals surface area contributed by atoms with Crippen LogP contribution in [0.1, 0.15) is 21.5 Å². The van der Waals surface area contributed by atoms with E-state index in [0.717, 1.165) is 26.1 Å². The van der Waals surface area contributed by atoms with E-state index in [-0.39, 0.29) is 23.0 Å². The summed E-state index contributed by atoms with van der Waals surface area (Å²) in [5.74, 6) is -0.196. The number of hydrogen-bond donors (Lipinski definition) is 1. The molecule has 190 valence electrons. The fourth-order valence-electron chi connectivity index (χ4n) is 3.68. The van der Waals surface area contributed by atoms with Gasteiger partial charge in [-0.25, -0.2) is 13.6 Å². The number of nitrogens with zero attached hydrogens (tertiary/aromatic N) is 2. The molecule has 0 saturated carbocycles. The van der Waals surface area contributed by atoms with Crippen LogP contribution in [0.25, 0.3) is 11.1 Å². The molecule has 0 aliphatic heterocycles. The summed E-state index contributed by atoms with van der Waals surface area (Å²) < 4.78 is 23.8. The number of nitrogens with two attached hydrogens (primary N) is 1. The number of carbonyl (C=O) groups is 1. The lowest BCUT2D eigenvalue weighted by atomic mass is 10.1. The average molecular weight is 572 g/mol. The number of sulfonamides is 1. The van der Waals surface area contributed by atoms with Crippen LogP contribution in [0.5, 0.6) is 0 Å². The molecule has 37 heavy (non-hydrogen) atoms. The largest absolute Gasteiger partial charge is 0.334 e. The van der Waals surface area contributed by atoms with Crippen molar-refractivity contribution in [3.05, 3.63) is 109 Å². The van der Waals surface area contributed by atoms with Crippen molar-refractivity contribution in [1.29, 1.82) is 0 Å². The Hall–Kier alpha value is -3.29. The van der Waals surface area contributed by atoms with Crippen molar-refractivity contribution < 1.29 is 18.1 Å². The summed E-state index contributed by atoms with van der Waals surface area (Å²) in [5, 5.41) is 18.2. The first-order chi connectivity index (χ1) is 17.6. The monoisotopic (exact) mass is 571 g/mol. The van der Waals surface area contributed by atoms with Gasteiger partial charge >= 0.3 is 0 Å². The molecule has 1 heterocycles. The van der Waals surface area contributed by atoms with Gasteiger partial charge in [-0.15, -0.1) is 0 Å². The summed E-state index contributed by atoms with van der Waals surface area (Å²) in [5.41, 5.74) is 3.96. The molecular formula is C25H21N3O5S4. The molecule has 0 saturated heterocycles. The van der Waals surface area contributed by atoms with E-state index in [2.05, 4.69) is 0 Å². The maximum absolute atomic E-state index is 13.5. The van der Waals surface area contributed by atoms with Crippen molar-refractivity contribution in [2.24, 2.45) is 5.14 Å². The molecular weight excluding hydrogens is 551 g/mol. The maximum atomic E-state index is 13.5.